The van der Waals surface area contributed by atoms with E-state index in [4.69, 9.17) is 9.72 Å². The highest BCUT2D eigenvalue weighted by Crippen LogP contribution is 2.52. The highest BCUT2D eigenvalue weighted by atomic mass is 32.2. The molecule has 15 nitrogen and oxygen atoms in total. The van der Waals surface area contributed by atoms with Gasteiger partial charge in [-0.3, -0.25) is 14.9 Å². The second-order valence-corrected chi connectivity index (χ2v) is 17.4. The number of H-pyrrole nitrogens is 1. The van der Waals surface area contributed by atoms with Crippen LogP contribution in [0.5, 0.6) is 11.6 Å². The summed E-state index contributed by atoms with van der Waals surface area (Å²) in [5.74, 6) is 0.846. The van der Waals surface area contributed by atoms with Crippen LogP contribution in [-0.2, 0) is 10.0 Å². The molecule has 0 bridgehead atoms. The minimum Gasteiger partial charge on any atom is -0.436 e. The number of anilines is 2. The van der Waals surface area contributed by atoms with Gasteiger partial charge in [0.05, 0.1) is 17.3 Å². The summed E-state index contributed by atoms with van der Waals surface area (Å²) in [6.45, 7) is 6.77. The lowest BCUT2D eigenvalue weighted by molar-refractivity contribution is -0.384. The Bertz CT molecular complexity index is 2130. The van der Waals surface area contributed by atoms with Crippen molar-refractivity contribution in [1.82, 2.24) is 29.6 Å². The zero-order valence-corrected chi connectivity index (χ0v) is 31.3. The van der Waals surface area contributed by atoms with Crippen LogP contribution in [0.25, 0.3) is 11.0 Å². The molecule has 6 heterocycles. The van der Waals surface area contributed by atoms with Crippen molar-refractivity contribution in [2.75, 3.05) is 42.9 Å². The molecule has 54 heavy (non-hydrogen) atoms. The van der Waals surface area contributed by atoms with Gasteiger partial charge in [-0.15, -0.1) is 0 Å². The number of aromatic nitrogens is 4. The smallest absolute Gasteiger partial charge is 0.312 e. The summed E-state index contributed by atoms with van der Waals surface area (Å²) in [7, 11) is -4.59. The van der Waals surface area contributed by atoms with E-state index in [9.17, 15) is 23.3 Å². The summed E-state index contributed by atoms with van der Waals surface area (Å²) < 4.78 is 35.3. The van der Waals surface area contributed by atoms with E-state index in [1.807, 2.05) is 6.07 Å². The topological polar surface area (TPSA) is 189 Å². The maximum atomic E-state index is 13.7. The Morgan fingerprint density at radius 3 is 2.54 bits per heavy atom. The number of nitro groups is 1. The average Bonchev–Trinajstić information content (AvgIpc) is 3.86. The van der Waals surface area contributed by atoms with Gasteiger partial charge in [0.15, 0.2) is 0 Å². The SMILES string of the molecule is CC1CCC(CNc2ncc(S(=O)(=O)NC(=O)c3ccc(N4CCC5(CC4)CC(N4CCCC4)C5)nc3Oc3cnc4[nH]ccc4c3)cc2[N+](=O)[O-])CC1. The Hall–Kier alpha value is -4.83. The number of hydrogen-bond acceptors (Lipinski definition) is 12. The Labute approximate surface area is 314 Å². The van der Waals surface area contributed by atoms with Gasteiger partial charge in [-0.2, -0.15) is 4.98 Å². The molecule has 2 saturated carbocycles. The van der Waals surface area contributed by atoms with Gasteiger partial charge in [0.2, 0.25) is 11.7 Å². The first-order chi connectivity index (χ1) is 26.0. The van der Waals surface area contributed by atoms with E-state index in [0.717, 1.165) is 69.3 Å². The van der Waals surface area contributed by atoms with Crippen LogP contribution < -0.4 is 19.7 Å². The highest BCUT2D eigenvalue weighted by Gasteiger charge is 2.48. The number of nitrogens with zero attached hydrogens (tertiary/aromatic N) is 6. The van der Waals surface area contributed by atoms with Gasteiger partial charge >= 0.3 is 5.69 Å². The number of carbonyl (C=O) groups is 1. The first-order valence-electron chi connectivity index (χ1n) is 19.1. The summed E-state index contributed by atoms with van der Waals surface area (Å²) >= 11 is 0. The van der Waals surface area contributed by atoms with Crippen molar-refractivity contribution in [2.45, 2.75) is 82.1 Å². The molecule has 8 rings (SSSR count). The molecule has 2 saturated heterocycles. The van der Waals surface area contributed by atoms with Crippen molar-refractivity contribution >= 4 is 44.3 Å². The largest absolute Gasteiger partial charge is 0.436 e. The molecule has 4 aliphatic rings. The Balaban J connectivity index is 0.997. The predicted molar refractivity (Wildman–Crippen MR) is 203 cm³/mol. The minimum absolute atomic E-state index is 0.0141. The van der Waals surface area contributed by atoms with E-state index in [1.165, 1.54) is 51.0 Å². The molecule has 4 aromatic rings. The van der Waals surface area contributed by atoms with E-state index in [-0.39, 0.29) is 17.3 Å². The number of aromatic amines is 1. The summed E-state index contributed by atoms with van der Waals surface area (Å²) in [6, 6.07) is 8.41. The van der Waals surface area contributed by atoms with Crippen molar-refractivity contribution in [3.63, 3.8) is 0 Å². The van der Waals surface area contributed by atoms with Gasteiger partial charge < -0.3 is 24.8 Å². The molecule has 0 atom stereocenters. The number of pyridine rings is 3. The van der Waals surface area contributed by atoms with Gasteiger partial charge in [-0.25, -0.2) is 23.1 Å². The molecule has 0 radical (unpaired) electrons. The van der Waals surface area contributed by atoms with E-state index < -0.39 is 31.4 Å². The van der Waals surface area contributed by atoms with Crippen LogP contribution >= 0.6 is 0 Å². The third-order valence-electron chi connectivity index (χ3n) is 12.1. The van der Waals surface area contributed by atoms with Crippen LogP contribution in [0.1, 0.15) is 81.5 Å². The molecule has 286 valence electrons. The second kappa shape index (κ2) is 14.8. The number of amides is 1. The monoisotopic (exact) mass is 757 g/mol. The third kappa shape index (κ3) is 7.58. The number of fused-ring (bicyclic) bond motifs is 1. The van der Waals surface area contributed by atoms with Gasteiger partial charge in [0.1, 0.15) is 27.7 Å². The fourth-order valence-electron chi connectivity index (χ4n) is 8.73. The standard InChI is InChI=1S/C38H47N9O6S/c1-25-4-6-26(7-5-25)22-40-35-32(47(49)50)19-30(24-42-35)54(51,52)44-36(48)31-8-9-33(43-37(31)53-29-18-27-10-13-39-34(27)41-23-29)46-16-11-38(12-17-46)20-28(21-38)45-14-2-3-15-45/h8-10,13,18-19,23-26,28H,2-7,11-12,14-17,20-22H2,1H3,(H,39,41)(H,40,42)(H,44,48). The van der Waals surface area contributed by atoms with Crippen LogP contribution in [0.3, 0.4) is 0 Å². The molecular weight excluding hydrogens is 711 g/mol. The quantitative estimate of drug-likeness (QED) is 0.115. The average molecular weight is 758 g/mol. The molecular formula is C38H47N9O6S. The Kier molecular flexibility index (Phi) is 9.89. The lowest BCUT2D eigenvalue weighted by Gasteiger charge is -2.55. The molecule has 1 spiro atoms. The van der Waals surface area contributed by atoms with Crippen LogP contribution in [0.15, 0.2) is 53.8 Å². The van der Waals surface area contributed by atoms with E-state index >= 15 is 0 Å². The van der Waals surface area contributed by atoms with Gasteiger partial charge in [-0.1, -0.05) is 19.8 Å². The van der Waals surface area contributed by atoms with Crippen LogP contribution in [0.4, 0.5) is 17.3 Å². The number of ether oxygens (including phenoxy) is 1. The fraction of sp³-hybridized carbons (Fsp3) is 0.526. The van der Waals surface area contributed by atoms with Crippen LogP contribution in [0.2, 0.25) is 0 Å². The molecule has 1 amide bonds. The predicted octanol–water partition coefficient (Wildman–Crippen LogP) is 6.26. The Morgan fingerprint density at radius 1 is 1.04 bits per heavy atom. The number of piperidine rings is 1. The molecule has 16 heteroatoms. The zero-order chi connectivity index (χ0) is 37.5. The second-order valence-electron chi connectivity index (χ2n) is 15.7. The normalized spacial score (nSPS) is 21.9. The molecule has 0 aromatic carbocycles. The first-order valence-corrected chi connectivity index (χ1v) is 20.6. The number of carbonyl (C=O) groups excluding carboxylic acids is 1. The Morgan fingerprint density at radius 2 is 1.80 bits per heavy atom. The van der Waals surface area contributed by atoms with Crippen molar-refractivity contribution in [3.8, 4) is 11.6 Å². The number of nitrogens with one attached hydrogen (secondary N) is 3. The minimum atomic E-state index is -4.59. The van der Waals surface area contributed by atoms with Crippen LogP contribution in [-0.4, -0.2) is 82.8 Å². The lowest BCUT2D eigenvalue weighted by atomic mass is 9.60. The van der Waals surface area contributed by atoms with Gasteiger partial charge in [-0.05, 0) is 106 Å². The maximum Gasteiger partial charge on any atom is 0.312 e. The van der Waals surface area contributed by atoms with Crippen molar-refractivity contribution in [3.05, 3.63) is 64.6 Å². The summed E-state index contributed by atoms with van der Waals surface area (Å²) in [5.41, 5.74) is 0.404. The van der Waals surface area contributed by atoms with Gasteiger partial charge in [0.25, 0.3) is 15.9 Å². The summed E-state index contributed by atoms with van der Waals surface area (Å²) in [4.78, 5) is 45.7. The number of rotatable bonds is 11. The molecule has 0 unspecified atom stereocenters. The highest BCUT2D eigenvalue weighted by molar-refractivity contribution is 7.90. The maximum absolute atomic E-state index is 13.7. The lowest BCUT2D eigenvalue weighted by Crippen LogP contribution is -2.54. The zero-order valence-electron chi connectivity index (χ0n) is 30.5. The first kappa shape index (κ1) is 36.2. The molecule has 4 fully saturated rings. The number of likely N-dealkylation sites (tertiary alicyclic amines) is 1. The van der Waals surface area contributed by atoms with Crippen LogP contribution in [0, 0.1) is 27.4 Å². The van der Waals surface area contributed by atoms with Gasteiger partial charge in [0, 0.05) is 43.3 Å². The van der Waals surface area contributed by atoms with Crippen molar-refractivity contribution in [2.24, 2.45) is 17.3 Å². The number of hydrogen-bond donors (Lipinski definition) is 3. The molecule has 3 N–H and O–H groups in total. The molecule has 4 aromatic heterocycles. The molecule has 2 aliphatic heterocycles. The third-order valence-corrected chi connectivity index (χ3v) is 13.4. The molecule has 2 aliphatic carbocycles. The van der Waals surface area contributed by atoms with E-state index in [0.29, 0.717) is 47.1 Å². The van der Waals surface area contributed by atoms with Crippen molar-refractivity contribution < 1.29 is 22.9 Å². The number of sulfonamides is 1. The van der Waals surface area contributed by atoms with E-state index in [1.54, 1.807) is 18.3 Å². The fourth-order valence-corrected chi connectivity index (χ4v) is 9.67. The van der Waals surface area contributed by atoms with Crippen molar-refractivity contribution in [1.29, 1.82) is 0 Å². The summed E-state index contributed by atoms with van der Waals surface area (Å²) in [6.07, 6.45) is 15.7. The summed E-state index contributed by atoms with van der Waals surface area (Å²) in [5, 5.41) is 15.8. The van der Waals surface area contributed by atoms with E-state index in [2.05, 4.69) is 41.7 Å².